The number of piperazine rings is 1. The SMILES string of the molecule is CCCS(=O)(=O)N1CCN(C2(CCC(=O)c3cc(C(F)(F)F)ccc3C(F)(F)F)CCC(F)(F)CC2)CC1.Cl. The topological polar surface area (TPSA) is 57.7 Å². The quantitative estimate of drug-likeness (QED) is 0.251. The van der Waals surface area contributed by atoms with Crippen LogP contribution in [0.15, 0.2) is 18.2 Å². The number of ketones is 1. The van der Waals surface area contributed by atoms with Crippen molar-refractivity contribution in [1.29, 1.82) is 0 Å². The molecule has 0 N–H and O–H groups in total. The number of hydrogen-bond acceptors (Lipinski definition) is 4. The van der Waals surface area contributed by atoms with Crippen molar-refractivity contribution in [2.24, 2.45) is 0 Å². The van der Waals surface area contributed by atoms with Gasteiger partial charge < -0.3 is 0 Å². The van der Waals surface area contributed by atoms with E-state index >= 15 is 0 Å². The number of hydrogen-bond donors (Lipinski definition) is 0. The number of benzene rings is 1. The van der Waals surface area contributed by atoms with E-state index in [9.17, 15) is 48.3 Å². The highest BCUT2D eigenvalue weighted by Gasteiger charge is 2.48. The normalized spacial score (nSPS) is 20.8. The lowest BCUT2D eigenvalue weighted by Crippen LogP contribution is -2.60. The molecule has 5 nitrogen and oxygen atoms in total. The van der Waals surface area contributed by atoms with E-state index < -0.39 is 75.6 Å². The molecule has 0 unspecified atom stereocenters. The number of sulfonamides is 1. The number of halogens is 9. The molecular formula is C24H31ClF8N2O3S. The van der Waals surface area contributed by atoms with E-state index in [1.807, 2.05) is 4.90 Å². The van der Waals surface area contributed by atoms with Gasteiger partial charge in [-0.15, -0.1) is 12.4 Å². The average Bonchev–Trinajstić information content (AvgIpc) is 2.82. The standard InChI is InChI=1S/C24H30F8N2O3S.ClH/c1-2-15-38(36,37)34-13-11-33(12-14-34)21(7-9-22(25,26)10-8-21)6-5-20(35)18-16-17(23(27,28)29)3-4-19(18)24(30,31)32;/h3-4,16H,2,5-15H2,1H3;1H. The Morgan fingerprint density at radius 2 is 1.49 bits per heavy atom. The van der Waals surface area contributed by atoms with Gasteiger partial charge in [0.25, 0.3) is 0 Å². The zero-order valence-electron chi connectivity index (χ0n) is 21.2. The summed E-state index contributed by atoms with van der Waals surface area (Å²) in [4.78, 5) is 14.7. The highest BCUT2D eigenvalue weighted by molar-refractivity contribution is 7.89. The highest BCUT2D eigenvalue weighted by atomic mass is 35.5. The second-order valence-electron chi connectivity index (χ2n) is 9.96. The smallest absolute Gasteiger partial charge is 0.295 e. The lowest BCUT2D eigenvalue weighted by atomic mass is 9.74. The Hall–Kier alpha value is -1.51. The van der Waals surface area contributed by atoms with Gasteiger partial charge in [-0.05, 0) is 43.9 Å². The first kappa shape index (κ1) is 33.7. The van der Waals surface area contributed by atoms with Crippen molar-refractivity contribution >= 4 is 28.2 Å². The molecule has 1 saturated heterocycles. The molecule has 1 aliphatic carbocycles. The molecule has 2 fully saturated rings. The third-order valence-electron chi connectivity index (χ3n) is 7.45. The molecule has 39 heavy (non-hydrogen) atoms. The van der Waals surface area contributed by atoms with Crippen LogP contribution >= 0.6 is 12.4 Å². The maximum atomic E-state index is 14.0. The third kappa shape index (κ3) is 8.04. The van der Waals surface area contributed by atoms with Gasteiger partial charge in [-0.2, -0.15) is 30.6 Å². The summed E-state index contributed by atoms with van der Waals surface area (Å²) in [6, 6.07) is 0.670. The maximum absolute atomic E-state index is 14.0. The molecule has 224 valence electrons. The molecule has 0 spiro atoms. The third-order valence-corrected chi connectivity index (χ3v) is 9.52. The van der Waals surface area contributed by atoms with Crippen molar-refractivity contribution in [3.63, 3.8) is 0 Å². The van der Waals surface area contributed by atoms with E-state index in [1.54, 1.807) is 6.92 Å². The van der Waals surface area contributed by atoms with Crippen LogP contribution < -0.4 is 0 Å². The Bertz CT molecular complexity index is 1110. The van der Waals surface area contributed by atoms with Crippen LogP contribution in [-0.4, -0.2) is 66.8 Å². The van der Waals surface area contributed by atoms with Crippen LogP contribution in [0, 0.1) is 0 Å². The van der Waals surface area contributed by atoms with Crippen molar-refractivity contribution in [3.8, 4) is 0 Å². The number of carbonyl (C=O) groups is 1. The van der Waals surface area contributed by atoms with Gasteiger partial charge in [0.1, 0.15) is 0 Å². The van der Waals surface area contributed by atoms with Crippen LogP contribution in [-0.2, 0) is 22.4 Å². The minimum atomic E-state index is -5.07. The van der Waals surface area contributed by atoms with Gasteiger partial charge in [-0.3, -0.25) is 9.69 Å². The number of alkyl halides is 8. The van der Waals surface area contributed by atoms with Crippen LogP contribution in [0.2, 0.25) is 0 Å². The van der Waals surface area contributed by atoms with Crippen molar-refractivity contribution in [2.75, 3.05) is 31.9 Å². The van der Waals surface area contributed by atoms with Gasteiger partial charge in [-0.1, -0.05) is 6.92 Å². The van der Waals surface area contributed by atoms with Crippen molar-refractivity contribution in [2.45, 2.75) is 75.7 Å². The summed E-state index contributed by atoms with van der Waals surface area (Å²) in [5, 5.41) is 0. The molecule has 0 amide bonds. The van der Waals surface area contributed by atoms with Crippen LogP contribution in [0.4, 0.5) is 35.1 Å². The van der Waals surface area contributed by atoms with E-state index in [4.69, 9.17) is 0 Å². The lowest BCUT2D eigenvalue weighted by molar-refractivity contribution is -0.141. The largest absolute Gasteiger partial charge is 0.417 e. The van der Waals surface area contributed by atoms with Gasteiger partial charge in [-0.25, -0.2) is 17.2 Å². The molecule has 1 heterocycles. The number of Topliss-reactive ketones (excluding diaryl/α,β-unsaturated/α-hetero) is 1. The molecule has 0 radical (unpaired) electrons. The second-order valence-corrected chi connectivity index (χ2v) is 12.0. The lowest BCUT2D eigenvalue weighted by Gasteiger charge is -2.51. The summed E-state index contributed by atoms with van der Waals surface area (Å²) >= 11 is 0. The van der Waals surface area contributed by atoms with Gasteiger partial charge >= 0.3 is 12.4 Å². The molecule has 1 aromatic rings. The van der Waals surface area contributed by atoms with E-state index in [2.05, 4.69) is 0 Å². The van der Waals surface area contributed by atoms with Crippen LogP contribution in [0.5, 0.6) is 0 Å². The maximum Gasteiger partial charge on any atom is 0.417 e. The van der Waals surface area contributed by atoms with Gasteiger partial charge in [0.05, 0.1) is 16.9 Å². The minimum absolute atomic E-state index is 0. The minimum Gasteiger partial charge on any atom is -0.295 e. The van der Waals surface area contributed by atoms with Gasteiger partial charge in [0.15, 0.2) is 5.78 Å². The summed E-state index contributed by atoms with van der Waals surface area (Å²) in [6.07, 6.45) is -11.5. The molecule has 1 aromatic carbocycles. The molecule has 0 aromatic heterocycles. The van der Waals surface area contributed by atoms with Gasteiger partial charge in [0, 0.05) is 56.5 Å². The monoisotopic (exact) mass is 614 g/mol. The van der Waals surface area contributed by atoms with Crippen LogP contribution in [0.1, 0.15) is 73.4 Å². The zero-order valence-corrected chi connectivity index (χ0v) is 22.8. The average molecular weight is 615 g/mol. The molecule has 0 bridgehead atoms. The Kier molecular flexibility index (Phi) is 10.5. The zero-order chi connectivity index (χ0) is 28.6. The molecule has 15 heteroatoms. The predicted molar refractivity (Wildman–Crippen MR) is 131 cm³/mol. The summed E-state index contributed by atoms with van der Waals surface area (Å²) in [7, 11) is -3.49. The van der Waals surface area contributed by atoms with Crippen molar-refractivity contribution in [3.05, 3.63) is 34.9 Å². The van der Waals surface area contributed by atoms with Crippen LogP contribution in [0.3, 0.4) is 0 Å². The highest BCUT2D eigenvalue weighted by Crippen LogP contribution is 2.45. The fourth-order valence-corrected chi connectivity index (χ4v) is 6.81. The molecule has 0 atom stereocenters. The fraction of sp³-hybridized carbons (Fsp3) is 0.708. The van der Waals surface area contributed by atoms with E-state index in [0.29, 0.717) is 6.42 Å². The number of carbonyl (C=O) groups excluding carboxylic acids is 1. The Labute approximate surface area is 228 Å². The summed E-state index contributed by atoms with van der Waals surface area (Å²) in [6.45, 7) is 2.28. The first-order valence-corrected chi connectivity index (χ1v) is 13.9. The first-order chi connectivity index (χ1) is 17.4. The Morgan fingerprint density at radius 1 is 0.923 bits per heavy atom. The number of nitrogens with zero attached hydrogens (tertiary/aromatic N) is 2. The molecular weight excluding hydrogens is 584 g/mol. The summed E-state index contributed by atoms with van der Waals surface area (Å²) < 4.78 is 134. The molecule has 1 saturated carbocycles. The van der Waals surface area contributed by atoms with Crippen molar-refractivity contribution in [1.82, 2.24) is 9.21 Å². The first-order valence-electron chi connectivity index (χ1n) is 12.3. The van der Waals surface area contributed by atoms with E-state index in [1.165, 1.54) is 4.31 Å². The number of rotatable bonds is 8. The summed E-state index contributed by atoms with van der Waals surface area (Å²) in [5.41, 5.74) is -5.02. The van der Waals surface area contributed by atoms with Crippen LogP contribution in [0.25, 0.3) is 0 Å². The molecule has 3 rings (SSSR count). The Morgan fingerprint density at radius 3 is 1.97 bits per heavy atom. The fourth-order valence-electron chi connectivity index (χ4n) is 5.31. The second kappa shape index (κ2) is 12.2. The van der Waals surface area contributed by atoms with Gasteiger partial charge in [0.2, 0.25) is 15.9 Å². The van der Waals surface area contributed by atoms with E-state index in [-0.39, 0.29) is 81.8 Å². The summed E-state index contributed by atoms with van der Waals surface area (Å²) in [5.74, 6) is -4.16. The van der Waals surface area contributed by atoms with E-state index in [0.717, 1.165) is 0 Å². The van der Waals surface area contributed by atoms with Crippen molar-refractivity contribution < 1.29 is 48.3 Å². The molecule has 1 aliphatic heterocycles. The Balaban J connectivity index is 0.00000533. The predicted octanol–water partition coefficient (Wildman–Crippen LogP) is 6.41. The molecule has 2 aliphatic rings.